The number of rotatable bonds is 4. The smallest absolute Gasteiger partial charge is 0.305 e. The summed E-state index contributed by atoms with van der Waals surface area (Å²) in [5, 5.41) is 0. The summed E-state index contributed by atoms with van der Waals surface area (Å²) in [6.07, 6.45) is 4.19. The predicted octanol–water partition coefficient (Wildman–Crippen LogP) is 0.753. The summed E-state index contributed by atoms with van der Waals surface area (Å²) in [4.78, 5) is 22.9. The zero-order chi connectivity index (χ0) is 12.5. The molecule has 2 aliphatic heterocycles. The number of hydrogen-bond acceptors (Lipinski definition) is 4. The largest absolute Gasteiger partial charge is 0.462 e. The Morgan fingerprint density at radius 3 is 2.41 bits per heavy atom. The molecule has 0 spiro atoms. The number of carbonyl (C=O) groups excluding carboxylic acids is 2. The highest BCUT2D eigenvalue weighted by atomic mass is 16.6. The highest BCUT2D eigenvalue weighted by Gasteiger charge is 2.53. The van der Waals surface area contributed by atoms with E-state index in [1.54, 1.807) is 6.92 Å². The van der Waals surface area contributed by atoms with Crippen molar-refractivity contribution in [1.82, 2.24) is 0 Å². The lowest BCUT2D eigenvalue weighted by atomic mass is 9.72. The Bertz CT molecular complexity index is 322. The van der Waals surface area contributed by atoms with Crippen LogP contribution in [-0.4, -0.2) is 30.2 Å². The molecule has 3 aliphatic rings. The molecule has 2 saturated heterocycles. The summed E-state index contributed by atoms with van der Waals surface area (Å²) in [6, 6.07) is 0. The Labute approximate surface area is 101 Å². The van der Waals surface area contributed by atoms with E-state index in [0.717, 1.165) is 25.7 Å². The molecule has 1 amide bonds. The molecule has 2 bridgehead atoms. The number of amides is 1. The standard InChI is InChI=1S/C12H19NO4/c1-2-10(14)16-7-12(11(13)15)8-3-5-9(17-12)6-4-8/h8-9H,2-7H2,1H3,(H2,13,15). The number of esters is 1. The Balaban J connectivity index is 2.10. The Morgan fingerprint density at radius 1 is 1.35 bits per heavy atom. The van der Waals surface area contributed by atoms with E-state index in [4.69, 9.17) is 15.2 Å². The fraction of sp³-hybridized carbons (Fsp3) is 0.833. The van der Waals surface area contributed by atoms with Gasteiger partial charge in [0, 0.05) is 12.3 Å². The molecule has 0 aromatic carbocycles. The maximum absolute atomic E-state index is 11.7. The van der Waals surface area contributed by atoms with Crippen LogP contribution in [0.4, 0.5) is 0 Å². The number of hydrogen-bond donors (Lipinski definition) is 1. The first-order chi connectivity index (χ1) is 8.08. The van der Waals surface area contributed by atoms with Gasteiger partial charge >= 0.3 is 5.97 Å². The van der Waals surface area contributed by atoms with Gasteiger partial charge in [-0.25, -0.2) is 0 Å². The van der Waals surface area contributed by atoms with E-state index in [1.807, 2.05) is 0 Å². The fourth-order valence-corrected chi connectivity index (χ4v) is 2.81. The molecule has 0 radical (unpaired) electrons. The number of carbonyl (C=O) groups is 2. The minimum atomic E-state index is -1.08. The van der Waals surface area contributed by atoms with Crippen molar-refractivity contribution in [2.75, 3.05) is 6.61 Å². The average Bonchev–Trinajstić information content (AvgIpc) is 2.37. The van der Waals surface area contributed by atoms with Crippen LogP contribution in [0, 0.1) is 5.92 Å². The highest BCUT2D eigenvalue weighted by molar-refractivity contribution is 5.85. The second-order valence-corrected chi connectivity index (χ2v) is 4.86. The minimum Gasteiger partial charge on any atom is -0.462 e. The molecule has 2 N–H and O–H groups in total. The van der Waals surface area contributed by atoms with Crippen molar-refractivity contribution in [3.63, 3.8) is 0 Å². The van der Waals surface area contributed by atoms with E-state index in [0.29, 0.717) is 6.42 Å². The normalized spacial score (nSPS) is 35.6. The Morgan fingerprint density at radius 2 is 2.00 bits per heavy atom. The predicted molar refractivity (Wildman–Crippen MR) is 60.0 cm³/mol. The SMILES string of the molecule is CCC(=O)OCC1(C(N)=O)OC2CCC1CC2. The van der Waals surface area contributed by atoms with Gasteiger partial charge in [0.2, 0.25) is 0 Å². The van der Waals surface area contributed by atoms with Crippen molar-refractivity contribution in [2.24, 2.45) is 11.7 Å². The van der Waals surface area contributed by atoms with Gasteiger partial charge in [0.25, 0.3) is 5.91 Å². The van der Waals surface area contributed by atoms with Crippen molar-refractivity contribution >= 4 is 11.9 Å². The molecular weight excluding hydrogens is 222 g/mol. The first kappa shape index (κ1) is 12.4. The molecule has 96 valence electrons. The number of primary amides is 1. The summed E-state index contributed by atoms with van der Waals surface area (Å²) >= 11 is 0. The van der Waals surface area contributed by atoms with E-state index in [1.165, 1.54) is 0 Å². The number of ether oxygens (including phenoxy) is 2. The van der Waals surface area contributed by atoms with Gasteiger partial charge in [0.15, 0.2) is 5.60 Å². The molecule has 5 heteroatoms. The summed E-state index contributed by atoms with van der Waals surface area (Å²) in [7, 11) is 0. The Kier molecular flexibility index (Phi) is 3.38. The van der Waals surface area contributed by atoms with Crippen molar-refractivity contribution in [3.8, 4) is 0 Å². The summed E-state index contributed by atoms with van der Waals surface area (Å²) in [5.41, 5.74) is 4.38. The van der Waals surface area contributed by atoms with Crippen molar-refractivity contribution in [1.29, 1.82) is 0 Å². The molecule has 3 fully saturated rings. The molecule has 3 rings (SSSR count). The van der Waals surface area contributed by atoms with Crippen molar-refractivity contribution in [3.05, 3.63) is 0 Å². The van der Waals surface area contributed by atoms with Crippen molar-refractivity contribution in [2.45, 2.75) is 50.7 Å². The second-order valence-electron chi connectivity index (χ2n) is 4.86. The zero-order valence-corrected chi connectivity index (χ0v) is 10.1. The van der Waals surface area contributed by atoms with Crippen molar-refractivity contribution < 1.29 is 19.1 Å². The molecule has 2 heterocycles. The van der Waals surface area contributed by atoms with Crippen LogP contribution < -0.4 is 5.73 Å². The first-order valence-corrected chi connectivity index (χ1v) is 6.22. The van der Waals surface area contributed by atoms with Gasteiger partial charge in [-0.3, -0.25) is 9.59 Å². The summed E-state index contributed by atoms with van der Waals surface area (Å²) in [6.45, 7) is 1.68. The van der Waals surface area contributed by atoms with Crippen LogP contribution >= 0.6 is 0 Å². The lowest BCUT2D eigenvalue weighted by Gasteiger charge is -2.49. The van der Waals surface area contributed by atoms with E-state index in [2.05, 4.69) is 0 Å². The molecule has 0 aromatic rings. The van der Waals surface area contributed by atoms with Crippen LogP contribution in [0.3, 0.4) is 0 Å². The number of nitrogens with two attached hydrogens (primary N) is 1. The van der Waals surface area contributed by atoms with Crippen LogP contribution in [0.2, 0.25) is 0 Å². The molecule has 0 aromatic heterocycles. The maximum atomic E-state index is 11.7. The van der Waals surface area contributed by atoms with Gasteiger partial charge in [-0.15, -0.1) is 0 Å². The molecule has 1 saturated carbocycles. The van der Waals surface area contributed by atoms with Crippen LogP contribution in [0.5, 0.6) is 0 Å². The van der Waals surface area contributed by atoms with E-state index in [-0.39, 0.29) is 24.6 Å². The van der Waals surface area contributed by atoms with Gasteiger partial charge in [-0.05, 0) is 25.7 Å². The topological polar surface area (TPSA) is 78.6 Å². The molecule has 1 atom stereocenters. The maximum Gasteiger partial charge on any atom is 0.305 e. The Hall–Kier alpha value is -1.10. The summed E-state index contributed by atoms with van der Waals surface area (Å²) in [5.74, 6) is -0.735. The molecular formula is C12H19NO4. The van der Waals surface area contributed by atoms with E-state index in [9.17, 15) is 9.59 Å². The minimum absolute atomic E-state index is 0.0316. The van der Waals surface area contributed by atoms with Gasteiger partial charge in [-0.2, -0.15) is 0 Å². The van der Waals surface area contributed by atoms with Gasteiger partial charge < -0.3 is 15.2 Å². The third-order valence-electron chi connectivity index (χ3n) is 3.86. The molecule has 1 aliphatic carbocycles. The number of fused-ring (bicyclic) bond motifs is 3. The van der Waals surface area contributed by atoms with Crippen LogP contribution in [0.15, 0.2) is 0 Å². The quantitative estimate of drug-likeness (QED) is 0.737. The second kappa shape index (κ2) is 4.64. The first-order valence-electron chi connectivity index (χ1n) is 6.22. The molecule has 17 heavy (non-hydrogen) atoms. The lowest BCUT2D eigenvalue weighted by Crippen LogP contribution is -2.62. The van der Waals surface area contributed by atoms with E-state index < -0.39 is 11.5 Å². The monoisotopic (exact) mass is 241 g/mol. The van der Waals surface area contributed by atoms with Crippen LogP contribution in [-0.2, 0) is 19.1 Å². The van der Waals surface area contributed by atoms with Gasteiger partial charge in [-0.1, -0.05) is 6.92 Å². The zero-order valence-electron chi connectivity index (χ0n) is 10.1. The fourth-order valence-electron chi connectivity index (χ4n) is 2.81. The summed E-state index contributed by atoms with van der Waals surface area (Å²) < 4.78 is 10.9. The molecule has 1 unspecified atom stereocenters. The highest BCUT2D eigenvalue weighted by Crippen LogP contribution is 2.44. The third-order valence-corrected chi connectivity index (χ3v) is 3.86. The van der Waals surface area contributed by atoms with Crippen LogP contribution in [0.1, 0.15) is 39.0 Å². The van der Waals surface area contributed by atoms with Crippen LogP contribution in [0.25, 0.3) is 0 Å². The molecule has 5 nitrogen and oxygen atoms in total. The van der Waals surface area contributed by atoms with Gasteiger partial charge in [0.05, 0.1) is 6.10 Å². The van der Waals surface area contributed by atoms with E-state index >= 15 is 0 Å². The third kappa shape index (κ3) is 2.16. The average molecular weight is 241 g/mol. The lowest BCUT2D eigenvalue weighted by molar-refractivity contribution is -0.217. The van der Waals surface area contributed by atoms with Gasteiger partial charge in [0.1, 0.15) is 6.61 Å².